The predicted octanol–water partition coefficient (Wildman–Crippen LogP) is 2.43. The van der Waals surface area contributed by atoms with Gasteiger partial charge in [-0.3, -0.25) is 0 Å². The van der Waals surface area contributed by atoms with Crippen molar-refractivity contribution in [1.29, 1.82) is 0 Å². The molecule has 0 saturated carbocycles. The molecule has 0 aliphatic carbocycles. The van der Waals surface area contributed by atoms with Gasteiger partial charge in [0.25, 0.3) is 0 Å². The van der Waals surface area contributed by atoms with Gasteiger partial charge in [0.15, 0.2) is 0 Å². The molecule has 5 heteroatoms. The van der Waals surface area contributed by atoms with E-state index in [2.05, 4.69) is 28.6 Å². The second-order valence-corrected chi connectivity index (χ2v) is 4.49. The average molecular weight is 298 g/mol. The van der Waals surface area contributed by atoms with Gasteiger partial charge in [-0.05, 0) is 33.6 Å². The number of rotatable bonds is 3. The number of benzene rings is 1. The average Bonchev–Trinajstić information content (AvgIpc) is 2.20. The minimum atomic E-state index is -0.930. The maximum atomic E-state index is 9.64. The standard InChI is InChI=1S/C9H10BrClO2S/c10-6-3-5(1-2-7(6)11)9(13)8(12)4-14/h1-3,8-9,12-14H,4H2. The van der Waals surface area contributed by atoms with Crippen LogP contribution in [0.4, 0.5) is 0 Å². The fourth-order valence-electron chi connectivity index (χ4n) is 1.02. The summed E-state index contributed by atoms with van der Waals surface area (Å²) >= 11 is 12.9. The molecule has 1 rings (SSSR count). The minimum absolute atomic E-state index is 0.210. The van der Waals surface area contributed by atoms with Crippen molar-refractivity contribution in [3.8, 4) is 0 Å². The molecule has 2 N–H and O–H groups in total. The zero-order valence-corrected chi connectivity index (χ0v) is 10.4. The van der Waals surface area contributed by atoms with Gasteiger partial charge in [0.1, 0.15) is 6.10 Å². The van der Waals surface area contributed by atoms with Crippen molar-refractivity contribution in [3.63, 3.8) is 0 Å². The summed E-state index contributed by atoms with van der Waals surface area (Å²) in [5.41, 5.74) is 0.614. The van der Waals surface area contributed by atoms with Crippen molar-refractivity contribution in [1.82, 2.24) is 0 Å². The van der Waals surface area contributed by atoms with Crippen LogP contribution in [0.1, 0.15) is 11.7 Å². The first-order valence-electron chi connectivity index (χ1n) is 3.98. The van der Waals surface area contributed by atoms with Crippen molar-refractivity contribution in [3.05, 3.63) is 33.3 Å². The molecule has 2 unspecified atom stereocenters. The zero-order chi connectivity index (χ0) is 10.7. The molecule has 0 radical (unpaired) electrons. The van der Waals surface area contributed by atoms with Crippen LogP contribution in [0.25, 0.3) is 0 Å². The van der Waals surface area contributed by atoms with Crippen molar-refractivity contribution in [2.75, 3.05) is 5.75 Å². The molecule has 1 aromatic carbocycles. The highest BCUT2D eigenvalue weighted by Crippen LogP contribution is 2.27. The highest BCUT2D eigenvalue weighted by Gasteiger charge is 2.17. The Morgan fingerprint density at radius 1 is 1.43 bits per heavy atom. The van der Waals surface area contributed by atoms with Gasteiger partial charge in [0, 0.05) is 10.2 Å². The van der Waals surface area contributed by atoms with Crippen molar-refractivity contribution >= 4 is 40.2 Å². The van der Waals surface area contributed by atoms with Gasteiger partial charge in [-0.15, -0.1) is 0 Å². The van der Waals surface area contributed by atoms with E-state index >= 15 is 0 Å². The fourth-order valence-corrected chi connectivity index (χ4v) is 1.73. The lowest BCUT2D eigenvalue weighted by atomic mass is 10.1. The second kappa shape index (κ2) is 5.37. The molecule has 0 aromatic heterocycles. The molecule has 0 amide bonds. The van der Waals surface area contributed by atoms with Crippen LogP contribution in [0, 0.1) is 0 Å². The van der Waals surface area contributed by atoms with Crippen LogP contribution in [0.2, 0.25) is 5.02 Å². The van der Waals surface area contributed by atoms with Crippen molar-refractivity contribution in [2.24, 2.45) is 0 Å². The van der Waals surface area contributed by atoms with E-state index in [-0.39, 0.29) is 5.75 Å². The molecule has 0 saturated heterocycles. The number of hydrogen-bond acceptors (Lipinski definition) is 3. The summed E-state index contributed by atoms with van der Waals surface area (Å²) in [7, 11) is 0. The largest absolute Gasteiger partial charge is 0.389 e. The van der Waals surface area contributed by atoms with Gasteiger partial charge >= 0.3 is 0 Å². The van der Waals surface area contributed by atoms with E-state index in [1.54, 1.807) is 18.2 Å². The number of aliphatic hydroxyl groups is 2. The van der Waals surface area contributed by atoms with Gasteiger partial charge in [0.2, 0.25) is 0 Å². The molecule has 1 aromatic rings. The van der Waals surface area contributed by atoms with Crippen LogP contribution >= 0.6 is 40.2 Å². The van der Waals surface area contributed by atoms with E-state index in [9.17, 15) is 10.2 Å². The van der Waals surface area contributed by atoms with Gasteiger partial charge in [-0.1, -0.05) is 17.7 Å². The predicted molar refractivity (Wildman–Crippen MR) is 64.0 cm³/mol. The summed E-state index contributed by atoms with van der Waals surface area (Å²) in [6.45, 7) is 0. The molecular weight excluding hydrogens is 288 g/mol. The van der Waals surface area contributed by atoms with E-state index in [4.69, 9.17) is 11.6 Å². The Bertz CT molecular complexity index is 322. The molecular formula is C9H10BrClO2S. The Morgan fingerprint density at radius 3 is 2.57 bits per heavy atom. The lowest BCUT2D eigenvalue weighted by molar-refractivity contribution is 0.0337. The van der Waals surface area contributed by atoms with Gasteiger partial charge < -0.3 is 10.2 Å². The highest BCUT2D eigenvalue weighted by atomic mass is 79.9. The summed E-state index contributed by atoms with van der Waals surface area (Å²) in [4.78, 5) is 0. The Labute approximate surface area is 101 Å². The molecule has 0 fully saturated rings. The molecule has 14 heavy (non-hydrogen) atoms. The maximum absolute atomic E-state index is 9.64. The van der Waals surface area contributed by atoms with E-state index in [0.29, 0.717) is 15.1 Å². The number of aliphatic hydroxyl groups excluding tert-OH is 2. The van der Waals surface area contributed by atoms with Crippen molar-refractivity contribution in [2.45, 2.75) is 12.2 Å². The Hall–Kier alpha value is 0.260. The molecule has 0 aliphatic rings. The number of thiol groups is 1. The topological polar surface area (TPSA) is 40.5 Å². The lowest BCUT2D eigenvalue weighted by Crippen LogP contribution is -2.19. The van der Waals surface area contributed by atoms with Crippen LogP contribution in [0.3, 0.4) is 0 Å². The number of halogens is 2. The molecule has 0 bridgehead atoms. The van der Waals surface area contributed by atoms with Crippen LogP contribution < -0.4 is 0 Å². The Kier molecular flexibility index (Phi) is 4.73. The first-order chi connectivity index (χ1) is 6.56. The molecule has 2 nitrogen and oxygen atoms in total. The van der Waals surface area contributed by atoms with Crippen LogP contribution in [-0.4, -0.2) is 22.1 Å². The van der Waals surface area contributed by atoms with Crippen molar-refractivity contribution < 1.29 is 10.2 Å². The second-order valence-electron chi connectivity index (χ2n) is 2.87. The van der Waals surface area contributed by atoms with E-state index in [1.165, 1.54) is 0 Å². The van der Waals surface area contributed by atoms with E-state index in [1.807, 2.05) is 0 Å². The summed E-state index contributed by atoms with van der Waals surface area (Å²) in [5.74, 6) is 0.210. The third kappa shape index (κ3) is 2.87. The first-order valence-corrected chi connectivity index (χ1v) is 5.78. The van der Waals surface area contributed by atoms with E-state index < -0.39 is 12.2 Å². The first kappa shape index (κ1) is 12.3. The number of hydrogen-bond donors (Lipinski definition) is 3. The monoisotopic (exact) mass is 296 g/mol. The minimum Gasteiger partial charge on any atom is -0.389 e. The third-order valence-corrected chi connectivity index (χ3v) is 3.42. The van der Waals surface area contributed by atoms with Gasteiger partial charge in [0.05, 0.1) is 11.1 Å². The zero-order valence-electron chi connectivity index (χ0n) is 7.19. The van der Waals surface area contributed by atoms with Crippen LogP contribution in [0.5, 0.6) is 0 Å². The summed E-state index contributed by atoms with van der Waals surface area (Å²) in [6, 6.07) is 5.01. The molecule has 78 valence electrons. The van der Waals surface area contributed by atoms with Crippen LogP contribution in [-0.2, 0) is 0 Å². The Morgan fingerprint density at radius 2 is 2.07 bits per heavy atom. The van der Waals surface area contributed by atoms with Crippen LogP contribution in [0.15, 0.2) is 22.7 Å². The molecule has 2 atom stereocenters. The summed E-state index contributed by atoms with van der Waals surface area (Å²) in [5, 5.41) is 19.6. The van der Waals surface area contributed by atoms with E-state index in [0.717, 1.165) is 0 Å². The molecule has 0 aliphatic heterocycles. The SMILES string of the molecule is OC(CS)C(O)c1ccc(Cl)c(Br)c1. The smallest absolute Gasteiger partial charge is 0.106 e. The van der Waals surface area contributed by atoms with Gasteiger partial charge in [-0.25, -0.2) is 0 Å². The fraction of sp³-hybridized carbons (Fsp3) is 0.333. The normalized spacial score (nSPS) is 15.2. The highest BCUT2D eigenvalue weighted by molar-refractivity contribution is 9.10. The summed E-state index contributed by atoms with van der Waals surface area (Å²) in [6.07, 6.45) is -1.80. The lowest BCUT2D eigenvalue weighted by Gasteiger charge is -2.16. The van der Waals surface area contributed by atoms with Gasteiger partial charge in [-0.2, -0.15) is 12.6 Å². The Balaban J connectivity index is 2.91. The molecule has 0 spiro atoms. The maximum Gasteiger partial charge on any atom is 0.106 e. The molecule has 0 heterocycles. The third-order valence-electron chi connectivity index (χ3n) is 1.84. The quantitative estimate of drug-likeness (QED) is 0.750. The summed E-state index contributed by atoms with van der Waals surface area (Å²) < 4.78 is 0.696.